The Morgan fingerprint density at radius 1 is 1.18 bits per heavy atom. The SMILES string of the molecule is O=C(Nc1ncc(-c2ccc3cnc(C(O)(O)O)nc3c2)s1)C1CCOCC1. The molecule has 4 N–H and O–H groups in total. The number of aromatic nitrogens is 3. The lowest BCUT2D eigenvalue weighted by Crippen LogP contribution is -2.28. The summed E-state index contributed by atoms with van der Waals surface area (Å²) in [6, 6.07) is 5.36. The van der Waals surface area contributed by atoms with E-state index in [-0.39, 0.29) is 11.8 Å². The number of hydrogen-bond donors (Lipinski definition) is 4. The molecule has 0 atom stereocenters. The molecule has 1 aliphatic heterocycles. The highest BCUT2D eigenvalue weighted by Crippen LogP contribution is 2.31. The molecule has 3 heterocycles. The van der Waals surface area contributed by atoms with Gasteiger partial charge < -0.3 is 25.4 Å². The van der Waals surface area contributed by atoms with Crippen molar-refractivity contribution < 1.29 is 24.9 Å². The van der Waals surface area contributed by atoms with Gasteiger partial charge in [-0.2, -0.15) is 0 Å². The second-order valence-electron chi connectivity index (χ2n) is 6.51. The molecule has 4 rings (SSSR count). The number of carbonyl (C=O) groups is 1. The smallest absolute Gasteiger partial charge is 0.340 e. The molecule has 28 heavy (non-hydrogen) atoms. The third kappa shape index (κ3) is 4.01. The highest BCUT2D eigenvalue weighted by Gasteiger charge is 2.26. The molecule has 0 radical (unpaired) electrons. The second-order valence-corrected chi connectivity index (χ2v) is 7.54. The molecule has 146 valence electrons. The van der Waals surface area contributed by atoms with E-state index in [9.17, 15) is 20.1 Å². The standard InChI is InChI=1S/C18H18N4O5S/c23-15(10-3-5-27-6-4-10)22-17-20-9-14(28-17)11-1-2-12-8-19-16(18(24,25)26)21-13(12)7-11/h1-2,7-10,24-26H,3-6H2,(H,20,22,23). The first-order valence-electron chi connectivity index (χ1n) is 8.69. The van der Waals surface area contributed by atoms with Crippen LogP contribution in [-0.4, -0.2) is 49.4 Å². The van der Waals surface area contributed by atoms with Gasteiger partial charge in [0, 0.05) is 36.9 Å². The predicted octanol–water partition coefficient (Wildman–Crippen LogP) is 1.21. The largest absolute Gasteiger partial charge is 0.381 e. The minimum Gasteiger partial charge on any atom is -0.381 e. The molecule has 1 saturated heterocycles. The average molecular weight is 402 g/mol. The first-order valence-corrected chi connectivity index (χ1v) is 9.51. The predicted molar refractivity (Wildman–Crippen MR) is 101 cm³/mol. The lowest BCUT2D eigenvalue weighted by molar-refractivity contribution is -0.328. The van der Waals surface area contributed by atoms with Gasteiger partial charge in [-0.25, -0.2) is 15.0 Å². The Morgan fingerprint density at radius 3 is 2.71 bits per heavy atom. The van der Waals surface area contributed by atoms with Crippen molar-refractivity contribution in [1.82, 2.24) is 15.0 Å². The van der Waals surface area contributed by atoms with Gasteiger partial charge in [-0.05, 0) is 24.5 Å². The molecule has 0 unspecified atom stereocenters. The summed E-state index contributed by atoms with van der Waals surface area (Å²) in [7, 11) is 0. The number of amides is 1. The Labute approximate surface area is 163 Å². The van der Waals surface area contributed by atoms with Crippen LogP contribution in [0.25, 0.3) is 21.3 Å². The highest BCUT2D eigenvalue weighted by molar-refractivity contribution is 7.19. The van der Waals surface area contributed by atoms with Crippen LogP contribution in [0.15, 0.2) is 30.6 Å². The van der Waals surface area contributed by atoms with E-state index in [1.807, 2.05) is 6.07 Å². The first-order chi connectivity index (χ1) is 13.4. The summed E-state index contributed by atoms with van der Waals surface area (Å²) >= 11 is 1.33. The van der Waals surface area contributed by atoms with Crippen molar-refractivity contribution in [1.29, 1.82) is 0 Å². The summed E-state index contributed by atoms with van der Waals surface area (Å²) in [5, 5.41) is 31.8. The number of nitrogens with zero attached hydrogens (tertiary/aromatic N) is 3. The molecule has 0 spiro atoms. The van der Waals surface area contributed by atoms with E-state index in [1.54, 1.807) is 18.3 Å². The van der Waals surface area contributed by atoms with Crippen LogP contribution in [0, 0.1) is 5.92 Å². The Morgan fingerprint density at radius 2 is 1.96 bits per heavy atom. The summed E-state index contributed by atoms with van der Waals surface area (Å²) in [6.45, 7) is 1.19. The molecular formula is C18H18N4O5S. The maximum absolute atomic E-state index is 12.3. The molecule has 0 bridgehead atoms. The van der Waals surface area contributed by atoms with Crippen molar-refractivity contribution in [3.8, 4) is 10.4 Å². The Bertz CT molecular complexity index is 1010. The van der Waals surface area contributed by atoms with Crippen molar-refractivity contribution in [2.45, 2.75) is 18.8 Å². The van der Waals surface area contributed by atoms with Crippen molar-refractivity contribution in [3.63, 3.8) is 0 Å². The number of ether oxygens (including phenoxy) is 1. The molecule has 9 nitrogen and oxygen atoms in total. The normalized spacial score (nSPS) is 15.7. The molecule has 1 aliphatic rings. The van der Waals surface area contributed by atoms with Gasteiger partial charge in [0.1, 0.15) is 0 Å². The van der Waals surface area contributed by atoms with Gasteiger partial charge in [0.25, 0.3) is 0 Å². The number of thiazole rings is 1. The topological polar surface area (TPSA) is 138 Å². The van der Waals surface area contributed by atoms with Gasteiger partial charge in [-0.1, -0.05) is 23.5 Å². The van der Waals surface area contributed by atoms with Crippen LogP contribution in [-0.2, 0) is 15.5 Å². The lowest BCUT2D eigenvalue weighted by Gasteiger charge is -2.20. The highest BCUT2D eigenvalue weighted by atomic mass is 32.1. The number of rotatable bonds is 4. The average Bonchev–Trinajstić information content (AvgIpc) is 3.15. The molecule has 1 aromatic carbocycles. The van der Waals surface area contributed by atoms with E-state index in [0.29, 0.717) is 42.1 Å². The fourth-order valence-electron chi connectivity index (χ4n) is 2.97. The van der Waals surface area contributed by atoms with Gasteiger partial charge in [0.05, 0.1) is 10.4 Å². The molecule has 0 saturated carbocycles. The molecule has 10 heteroatoms. The Kier molecular flexibility index (Phi) is 5.04. The summed E-state index contributed by atoms with van der Waals surface area (Å²) in [5.41, 5.74) is 1.23. The van der Waals surface area contributed by atoms with Crippen LogP contribution in [0.5, 0.6) is 0 Å². The zero-order valence-electron chi connectivity index (χ0n) is 14.7. The number of carbonyl (C=O) groups excluding carboxylic acids is 1. The molecule has 3 aromatic rings. The van der Waals surface area contributed by atoms with Crippen molar-refractivity contribution >= 4 is 33.3 Å². The van der Waals surface area contributed by atoms with E-state index in [0.717, 1.165) is 10.4 Å². The van der Waals surface area contributed by atoms with E-state index in [4.69, 9.17) is 4.74 Å². The Hall–Kier alpha value is -2.50. The minimum atomic E-state index is -3.10. The molecule has 0 aliphatic carbocycles. The zero-order valence-corrected chi connectivity index (χ0v) is 15.5. The summed E-state index contributed by atoms with van der Waals surface area (Å²) < 4.78 is 5.28. The van der Waals surface area contributed by atoms with Crippen LogP contribution in [0.2, 0.25) is 0 Å². The van der Waals surface area contributed by atoms with Crippen molar-refractivity contribution in [2.24, 2.45) is 5.92 Å². The van der Waals surface area contributed by atoms with Crippen LogP contribution in [0.3, 0.4) is 0 Å². The fourth-order valence-corrected chi connectivity index (χ4v) is 3.79. The van der Waals surface area contributed by atoms with Gasteiger partial charge in [0.2, 0.25) is 11.7 Å². The summed E-state index contributed by atoms with van der Waals surface area (Å²) in [5.74, 6) is -3.72. The van der Waals surface area contributed by atoms with E-state index >= 15 is 0 Å². The third-order valence-electron chi connectivity index (χ3n) is 4.50. The number of aliphatic hydroxyl groups is 3. The van der Waals surface area contributed by atoms with Crippen LogP contribution in [0.4, 0.5) is 5.13 Å². The van der Waals surface area contributed by atoms with Crippen molar-refractivity contribution in [2.75, 3.05) is 18.5 Å². The quantitative estimate of drug-likeness (QED) is 0.478. The van der Waals surface area contributed by atoms with E-state index < -0.39 is 11.8 Å². The molecule has 2 aromatic heterocycles. The Balaban J connectivity index is 1.55. The minimum absolute atomic E-state index is 0.0507. The second kappa shape index (κ2) is 7.49. The van der Waals surface area contributed by atoms with E-state index in [2.05, 4.69) is 20.3 Å². The van der Waals surface area contributed by atoms with Gasteiger partial charge >= 0.3 is 5.97 Å². The third-order valence-corrected chi connectivity index (χ3v) is 5.46. The van der Waals surface area contributed by atoms with Crippen molar-refractivity contribution in [3.05, 3.63) is 36.4 Å². The van der Waals surface area contributed by atoms with E-state index in [1.165, 1.54) is 17.5 Å². The molecule has 1 fully saturated rings. The van der Waals surface area contributed by atoms with Crippen LogP contribution < -0.4 is 5.32 Å². The number of hydrogen-bond acceptors (Lipinski definition) is 9. The van der Waals surface area contributed by atoms with Crippen LogP contribution >= 0.6 is 11.3 Å². The maximum Gasteiger partial charge on any atom is 0.340 e. The van der Waals surface area contributed by atoms with Gasteiger partial charge in [0.15, 0.2) is 5.13 Å². The fraction of sp³-hybridized carbons (Fsp3) is 0.333. The monoisotopic (exact) mass is 402 g/mol. The number of nitrogens with one attached hydrogen (secondary N) is 1. The van der Waals surface area contributed by atoms with Gasteiger partial charge in [-0.3, -0.25) is 4.79 Å². The number of benzene rings is 1. The molecular weight excluding hydrogens is 384 g/mol. The first kappa shape index (κ1) is 18.8. The lowest BCUT2D eigenvalue weighted by atomic mass is 10.00. The summed E-state index contributed by atoms with van der Waals surface area (Å²) in [4.78, 5) is 25.1. The number of fused-ring (bicyclic) bond motifs is 1. The summed E-state index contributed by atoms with van der Waals surface area (Å²) in [6.07, 6.45) is 4.46. The zero-order chi connectivity index (χ0) is 19.7. The number of anilines is 1. The maximum atomic E-state index is 12.3. The molecule has 1 amide bonds. The van der Waals surface area contributed by atoms with Crippen LogP contribution in [0.1, 0.15) is 18.7 Å². The van der Waals surface area contributed by atoms with Gasteiger partial charge in [-0.15, -0.1) is 0 Å².